The Morgan fingerprint density at radius 3 is 2.73 bits per heavy atom. The average Bonchev–Trinajstić information content (AvgIpc) is 2.28. The molecule has 4 nitrogen and oxygen atoms in total. The Morgan fingerprint density at radius 1 is 1.27 bits per heavy atom. The molecule has 1 heterocycles. The number of aromatic nitrogens is 2. The molecule has 0 fully saturated rings. The van der Waals surface area contributed by atoms with E-state index >= 15 is 0 Å². The minimum absolute atomic E-state index is 0.615. The number of nitrogens with zero attached hydrogens (tertiary/aromatic N) is 2. The van der Waals surface area contributed by atoms with Crippen molar-refractivity contribution in [1.82, 2.24) is 15.3 Å². The lowest BCUT2D eigenvalue weighted by Crippen LogP contribution is -2.13. The fourth-order valence-electron chi connectivity index (χ4n) is 1.08. The van der Waals surface area contributed by atoms with E-state index in [0.717, 1.165) is 38.2 Å². The summed E-state index contributed by atoms with van der Waals surface area (Å²) in [4.78, 5) is 8.42. The third-order valence-corrected chi connectivity index (χ3v) is 1.99. The van der Waals surface area contributed by atoms with Crippen LogP contribution in [0.5, 0.6) is 5.88 Å². The topological polar surface area (TPSA) is 47.0 Å². The van der Waals surface area contributed by atoms with Gasteiger partial charge in [0.2, 0.25) is 5.88 Å². The molecule has 1 N–H and O–H groups in total. The van der Waals surface area contributed by atoms with E-state index in [2.05, 4.69) is 29.1 Å². The van der Waals surface area contributed by atoms with E-state index in [4.69, 9.17) is 4.74 Å². The minimum atomic E-state index is 0.615. The van der Waals surface area contributed by atoms with E-state index in [1.165, 1.54) is 0 Å². The monoisotopic (exact) mass is 209 g/mol. The highest BCUT2D eigenvalue weighted by Crippen LogP contribution is 2.04. The largest absolute Gasteiger partial charge is 0.477 e. The zero-order valence-electron chi connectivity index (χ0n) is 9.49. The molecule has 0 aliphatic carbocycles. The van der Waals surface area contributed by atoms with Crippen LogP contribution in [-0.2, 0) is 6.54 Å². The van der Waals surface area contributed by atoms with Gasteiger partial charge in [-0.2, -0.15) is 0 Å². The Balaban J connectivity index is 2.35. The maximum absolute atomic E-state index is 5.41. The molecule has 15 heavy (non-hydrogen) atoms. The molecule has 0 aromatic carbocycles. The Labute approximate surface area is 91.1 Å². The van der Waals surface area contributed by atoms with Gasteiger partial charge in [-0.3, -0.25) is 4.98 Å². The second kappa shape index (κ2) is 7.17. The second-order valence-electron chi connectivity index (χ2n) is 3.33. The summed E-state index contributed by atoms with van der Waals surface area (Å²) in [5, 5.41) is 3.19. The molecule has 1 aromatic heterocycles. The first-order valence-electron chi connectivity index (χ1n) is 5.51. The van der Waals surface area contributed by atoms with Crippen molar-refractivity contribution in [2.45, 2.75) is 33.2 Å². The highest BCUT2D eigenvalue weighted by atomic mass is 16.5. The predicted octanol–water partition coefficient (Wildman–Crippen LogP) is 1.76. The summed E-state index contributed by atoms with van der Waals surface area (Å²) >= 11 is 0. The van der Waals surface area contributed by atoms with Crippen LogP contribution in [0.2, 0.25) is 0 Å². The van der Waals surface area contributed by atoms with E-state index in [9.17, 15) is 0 Å². The van der Waals surface area contributed by atoms with Gasteiger partial charge in [-0.15, -0.1) is 0 Å². The summed E-state index contributed by atoms with van der Waals surface area (Å²) in [7, 11) is 0. The van der Waals surface area contributed by atoms with Crippen LogP contribution in [0.25, 0.3) is 0 Å². The average molecular weight is 209 g/mol. The fourth-order valence-corrected chi connectivity index (χ4v) is 1.08. The van der Waals surface area contributed by atoms with Crippen molar-refractivity contribution in [1.29, 1.82) is 0 Å². The van der Waals surface area contributed by atoms with E-state index in [0.29, 0.717) is 5.88 Å². The van der Waals surface area contributed by atoms with Crippen molar-refractivity contribution in [3.05, 3.63) is 18.1 Å². The Kier molecular flexibility index (Phi) is 5.70. The summed E-state index contributed by atoms with van der Waals surface area (Å²) in [6.07, 6.45) is 5.62. The van der Waals surface area contributed by atoms with Crippen LogP contribution in [0.15, 0.2) is 12.4 Å². The van der Waals surface area contributed by atoms with Crippen molar-refractivity contribution in [3.8, 4) is 5.88 Å². The Bertz CT molecular complexity index is 261. The van der Waals surface area contributed by atoms with Gasteiger partial charge in [-0.25, -0.2) is 4.98 Å². The summed E-state index contributed by atoms with van der Waals surface area (Å²) in [6.45, 7) is 6.62. The molecule has 0 aliphatic heterocycles. The molecule has 0 bridgehead atoms. The lowest BCUT2D eigenvalue weighted by Gasteiger charge is -2.04. The van der Waals surface area contributed by atoms with Gasteiger partial charge in [-0.1, -0.05) is 20.3 Å². The van der Waals surface area contributed by atoms with Crippen molar-refractivity contribution in [2.24, 2.45) is 0 Å². The summed E-state index contributed by atoms with van der Waals surface area (Å²) in [5.41, 5.74) is 0.944. The van der Waals surface area contributed by atoms with Gasteiger partial charge >= 0.3 is 0 Å². The van der Waals surface area contributed by atoms with Crippen molar-refractivity contribution < 1.29 is 4.74 Å². The molecule has 0 atom stereocenters. The molecule has 1 aromatic rings. The maximum Gasteiger partial charge on any atom is 0.232 e. The molecule has 0 saturated heterocycles. The first-order valence-corrected chi connectivity index (χ1v) is 5.51. The third kappa shape index (κ3) is 4.74. The Morgan fingerprint density at radius 2 is 2.13 bits per heavy atom. The molecule has 0 unspecified atom stereocenters. The van der Waals surface area contributed by atoms with Gasteiger partial charge in [0.15, 0.2) is 0 Å². The van der Waals surface area contributed by atoms with E-state index < -0.39 is 0 Å². The molecule has 0 spiro atoms. The van der Waals surface area contributed by atoms with Gasteiger partial charge in [0.25, 0.3) is 0 Å². The minimum Gasteiger partial charge on any atom is -0.477 e. The number of rotatable bonds is 7. The third-order valence-electron chi connectivity index (χ3n) is 1.99. The first kappa shape index (κ1) is 11.9. The van der Waals surface area contributed by atoms with Gasteiger partial charge in [-0.05, 0) is 13.0 Å². The molecule has 1 rings (SSSR count). The van der Waals surface area contributed by atoms with Crippen LogP contribution >= 0.6 is 0 Å². The van der Waals surface area contributed by atoms with E-state index in [1.54, 1.807) is 12.4 Å². The standard InChI is InChI=1S/C11H19N3O/c1-3-5-6-15-11-9-13-10(8-14-11)7-12-4-2/h8-9,12H,3-7H2,1-2H3. The van der Waals surface area contributed by atoms with Crippen molar-refractivity contribution in [3.63, 3.8) is 0 Å². The highest BCUT2D eigenvalue weighted by Gasteiger charge is 1.97. The lowest BCUT2D eigenvalue weighted by atomic mass is 10.4. The quantitative estimate of drug-likeness (QED) is 0.695. The van der Waals surface area contributed by atoms with Gasteiger partial charge < -0.3 is 10.1 Å². The fraction of sp³-hybridized carbons (Fsp3) is 0.636. The van der Waals surface area contributed by atoms with Gasteiger partial charge in [0.05, 0.1) is 24.7 Å². The Hall–Kier alpha value is -1.16. The molecule has 0 amide bonds. The summed E-state index contributed by atoms with van der Waals surface area (Å²) in [5.74, 6) is 0.615. The molecule has 0 saturated carbocycles. The van der Waals surface area contributed by atoms with Gasteiger partial charge in [0.1, 0.15) is 0 Å². The molecule has 0 radical (unpaired) electrons. The molecular formula is C11H19N3O. The number of ether oxygens (including phenoxy) is 1. The van der Waals surface area contributed by atoms with Crippen molar-refractivity contribution >= 4 is 0 Å². The highest BCUT2D eigenvalue weighted by molar-refractivity contribution is 5.06. The number of nitrogens with one attached hydrogen (secondary N) is 1. The molecular weight excluding hydrogens is 190 g/mol. The first-order chi connectivity index (χ1) is 7.36. The number of hydrogen-bond acceptors (Lipinski definition) is 4. The van der Waals surface area contributed by atoms with Crippen LogP contribution < -0.4 is 10.1 Å². The van der Waals surface area contributed by atoms with Gasteiger partial charge in [0, 0.05) is 6.54 Å². The van der Waals surface area contributed by atoms with Crippen LogP contribution in [0.1, 0.15) is 32.4 Å². The van der Waals surface area contributed by atoms with E-state index in [-0.39, 0.29) is 0 Å². The summed E-state index contributed by atoms with van der Waals surface area (Å²) in [6, 6.07) is 0. The zero-order valence-corrected chi connectivity index (χ0v) is 9.49. The lowest BCUT2D eigenvalue weighted by molar-refractivity contribution is 0.296. The van der Waals surface area contributed by atoms with Crippen LogP contribution in [0.3, 0.4) is 0 Å². The normalized spacial score (nSPS) is 10.3. The molecule has 84 valence electrons. The van der Waals surface area contributed by atoms with Crippen LogP contribution in [-0.4, -0.2) is 23.1 Å². The number of hydrogen-bond donors (Lipinski definition) is 1. The number of unbranched alkanes of at least 4 members (excludes halogenated alkanes) is 1. The smallest absolute Gasteiger partial charge is 0.232 e. The molecule has 4 heteroatoms. The SMILES string of the molecule is CCCCOc1cnc(CNCC)cn1. The zero-order chi connectivity index (χ0) is 10.9. The summed E-state index contributed by atoms with van der Waals surface area (Å²) < 4.78 is 5.41. The maximum atomic E-state index is 5.41. The second-order valence-corrected chi connectivity index (χ2v) is 3.33. The van der Waals surface area contributed by atoms with Crippen LogP contribution in [0, 0.1) is 0 Å². The van der Waals surface area contributed by atoms with Crippen LogP contribution in [0.4, 0.5) is 0 Å². The van der Waals surface area contributed by atoms with Crippen molar-refractivity contribution in [2.75, 3.05) is 13.2 Å². The molecule has 0 aliphatic rings. The van der Waals surface area contributed by atoms with E-state index in [1.807, 2.05) is 0 Å². The predicted molar refractivity (Wildman–Crippen MR) is 59.8 cm³/mol.